The highest BCUT2D eigenvalue weighted by atomic mass is 19.1. The molecule has 1 aromatic rings. The van der Waals surface area contributed by atoms with Crippen LogP contribution in [0.3, 0.4) is 0 Å². The summed E-state index contributed by atoms with van der Waals surface area (Å²) in [6.07, 6.45) is 0.558. The van der Waals surface area contributed by atoms with Crippen LogP contribution >= 0.6 is 0 Å². The van der Waals surface area contributed by atoms with Crippen molar-refractivity contribution in [2.75, 3.05) is 39.8 Å². The van der Waals surface area contributed by atoms with Gasteiger partial charge >= 0.3 is 0 Å². The molecule has 6 heteroatoms. The Bertz CT molecular complexity index is 499. The van der Waals surface area contributed by atoms with Crippen molar-refractivity contribution in [3.05, 3.63) is 29.6 Å². The Kier molecular flexibility index (Phi) is 4.68. The van der Waals surface area contributed by atoms with Crippen LogP contribution in [0, 0.1) is 5.82 Å². The lowest BCUT2D eigenvalue weighted by atomic mass is 10.2. The summed E-state index contributed by atoms with van der Waals surface area (Å²) in [5, 5.41) is 0. The van der Waals surface area contributed by atoms with Crippen LogP contribution in [0.5, 0.6) is 5.75 Å². The molecule has 0 unspecified atom stereocenters. The fourth-order valence-corrected chi connectivity index (χ4v) is 1.99. The van der Waals surface area contributed by atoms with Crippen molar-refractivity contribution >= 4 is 12.2 Å². The highest BCUT2D eigenvalue weighted by Crippen LogP contribution is 2.17. The highest BCUT2D eigenvalue weighted by molar-refractivity contribution is 5.78. The molecule has 5 nitrogen and oxygen atoms in total. The maximum Gasteiger partial charge on any atom is 0.260 e. The summed E-state index contributed by atoms with van der Waals surface area (Å²) in [7, 11) is 2.00. The number of rotatable bonds is 4. The molecule has 0 spiro atoms. The second kappa shape index (κ2) is 6.47. The summed E-state index contributed by atoms with van der Waals surface area (Å²) in [6.45, 7) is 2.78. The van der Waals surface area contributed by atoms with Crippen LogP contribution in [0.25, 0.3) is 0 Å². The van der Waals surface area contributed by atoms with Gasteiger partial charge in [0.15, 0.2) is 18.2 Å². The number of carbonyl (C=O) groups excluding carboxylic acids is 2. The quantitative estimate of drug-likeness (QED) is 0.765. The second-order valence-electron chi connectivity index (χ2n) is 4.78. The largest absolute Gasteiger partial charge is 0.481 e. The summed E-state index contributed by atoms with van der Waals surface area (Å²) in [6, 6.07) is 3.89. The maximum atomic E-state index is 13.6. The molecule has 1 saturated heterocycles. The SMILES string of the molecule is CN1CCN(C(=O)COc2ccc(C=O)cc2F)CC1. The number of piperazine rings is 1. The van der Waals surface area contributed by atoms with Gasteiger partial charge in [0.2, 0.25) is 0 Å². The third-order valence-electron chi connectivity index (χ3n) is 3.30. The van der Waals surface area contributed by atoms with E-state index in [0.717, 1.165) is 19.2 Å². The molecular formula is C14H17FN2O3. The zero-order chi connectivity index (χ0) is 14.5. The molecule has 2 rings (SSSR count). The fourth-order valence-electron chi connectivity index (χ4n) is 1.99. The number of amides is 1. The summed E-state index contributed by atoms with van der Waals surface area (Å²) in [5.74, 6) is -0.809. The number of aldehydes is 1. The summed E-state index contributed by atoms with van der Waals surface area (Å²) in [4.78, 5) is 26.3. The molecule has 0 atom stereocenters. The third-order valence-corrected chi connectivity index (χ3v) is 3.30. The monoisotopic (exact) mass is 280 g/mol. The predicted molar refractivity (Wildman–Crippen MR) is 71.4 cm³/mol. The minimum absolute atomic E-state index is 0.0157. The molecule has 1 amide bonds. The van der Waals surface area contributed by atoms with Crippen LogP contribution in [0.4, 0.5) is 4.39 Å². The Morgan fingerprint density at radius 1 is 1.35 bits per heavy atom. The van der Waals surface area contributed by atoms with Crippen molar-refractivity contribution < 1.29 is 18.7 Å². The Balaban J connectivity index is 1.88. The topological polar surface area (TPSA) is 49.9 Å². The van der Waals surface area contributed by atoms with Gasteiger partial charge in [-0.25, -0.2) is 4.39 Å². The lowest BCUT2D eigenvalue weighted by Crippen LogP contribution is -2.48. The van der Waals surface area contributed by atoms with Gasteiger partial charge in [-0.3, -0.25) is 9.59 Å². The Morgan fingerprint density at radius 2 is 2.05 bits per heavy atom. The zero-order valence-corrected chi connectivity index (χ0v) is 11.3. The number of ether oxygens (including phenoxy) is 1. The summed E-state index contributed by atoms with van der Waals surface area (Å²) < 4.78 is 18.7. The van der Waals surface area contributed by atoms with E-state index < -0.39 is 5.82 Å². The number of hydrogen-bond acceptors (Lipinski definition) is 4. The number of nitrogens with zero attached hydrogens (tertiary/aromatic N) is 2. The van der Waals surface area contributed by atoms with Gasteiger partial charge in [0, 0.05) is 31.7 Å². The first-order chi connectivity index (χ1) is 9.60. The van der Waals surface area contributed by atoms with E-state index >= 15 is 0 Å². The van der Waals surface area contributed by atoms with E-state index in [2.05, 4.69) is 4.90 Å². The molecule has 0 radical (unpaired) electrons. The van der Waals surface area contributed by atoms with E-state index in [4.69, 9.17) is 4.74 Å². The van der Waals surface area contributed by atoms with E-state index in [9.17, 15) is 14.0 Å². The lowest BCUT2D eigenvalue weighted by Gasteiger charge is -2.32. The van der Waals surface area contributed by atoms with Crippen molar-refractivity contribution in [2.24, 2.45) is 0 Å². The third kappa shape index (κ3) is 3.54. The molecule has 0 bridgehead atoms. The van der Waals surface area contributed by atoms with Gasteiger partial charge in [-0.05, 0) is 25.2 Å². The van der Waals surface area contributed by atoms with Crippen molar-refractivity contribution in [3.63, 3.8) is 0 Å². The molecule has 1 heterocycles. The van der Waals surface area contributed by atoms with Crippen molar-refractivity contribution in [2.45, 2.75) is 0 Å². The minimum atomic E-state index is -0.638. The molecule has 108 valence electrons. The van der Waals surface area contributed by atoms with Crippen LogP contribution in [0.15, 0.2) is 18.2 Å². The molecule has 1 aliphatic rings. The highest BCUT2D eigenvalue weighted by Gasteiger charge is 2.19. The van der Waals surface area contributed by atoms with Crippen LogP contribution in [-0.2, 0) is 4.79 Å². The predicted octanol–water partition coefficient (Wildman–Crippen LogP) is 0.791. The summed E-state index contributed by atoms with van der Waals surface area (Å²) in [5.41, 5.74) is 0.236. The van der Waals surface area contributed by atoms with Gasteiger partial charge in [0.1, 0.15) is 6.29 Å². The lowest BCUT2D eigenvalue weighted by molar-refractivity contribution is -0.134. The molecule has 0 aromatic heterocycles. The standard InChI is InChI=1S/C14H17FN2O3/c1-16-4-6-17(7-5-16)14(19)10-20-13-3-2-11(9-18)8-12(13)15/h2-3,8-9H,4-7,10H2,1H3. The van der Waals surface area contributed by atoms with Gasteiger partial charge in [-0.2, -0.15) is 0 Å². The van der Waals surface area contributed by atoms with Crippen molar-refractivity contribution in [3.8, 4) is 5.75 Å². The smallest absolute Gasteiger partial charge is 0.260 e. The molecule has 0 N–H and O–H groups in total. The van der Waals surface area contributed by atoms with Gasteiger partial charge in [-0.1, -0.05) is 0 Å². The second-order valence-corrected chi connectivity index (χ2v) is 4.78. The first-order valence-corrected chi connectivity index (χ1v) is 6.44. The van der Waals surface area contributed by atoms with Gasteiger partial charge < -0.3 is 14.5 Å². The van der Waals surface area contributed by atoms with Crippen LogP contribution in [0.2, 0.25) is 0 Å². The molecular weight excluding hydrogens is 263 g/mol. The Labute approximate surface area is 116 Å². The molecule has 1 fully saturated rings. The fraction of sp³-hybridized carbons (Fsp3) is 0.429. The minimum Gasteiger partial charge on any atom is -0.481 e. The maximum absolute atomic E-state index is 13.6. The first-order valence-electron chi connectivity index (χ1n) is 6.44. The van der Waals surface area contributed by atoms with Crippen LogP contribution in [-0.4, -0.2) is 61.8 Å². The van der Waals surface area contributed by atoms with Gasteiger partial charge in [0.25, 0.3) is 5.91 Å². The number of halogens is 1. The molecule has 20 heavy (non-hydrogen) atoms. The van der Waals surface area contributed by atoms with Crippen molar-refractivity contribution in [1.29, 1.82) is 0 Å². The molecule has 0 aliphatic carbocycles. The molecule has 1 aliphatic heterocycles. The number of benzene rings is 1. The van der Waals surface area contributed by atoms with Crippen LogP contribution in [0.1, 0.15) is 10.4 Å². The number of carbonyl (C=O) groups is 2. The van der Waals surface area contributed by atoms with Crippen molar-refractivity contribution in [1.82, 2.24) is 9.80 Å². The number of likely N-dealkylation sites (N-methyl/N-ethyl adjacent to an activating group) is 1. The zero-order valence-electron chi connectivity index (χ0n) is 11.3. The van der Waals surface area contributed by atoms with E-state index in [1.807, 2.05) is 7.05 Å². The first kappa shape index (κ1) is 14.5. The van der Waals surface area contributed by atoms with Crippen LogP contribution < -0.4 is 4.74 Å². The average molecular weight is 280 g/mol. The number of hydrogen-bond donors (Lipinski definition) is 0. The Morgan fingerprint density at radius 3 is 2.65 bits per heavy atom. The molecule has 0 saturated carbocycles. The normalized spacial score (nSPS) is 16.0. The van der Waals surface area contributed by atoms with E-state index in [1.54, 1.807) is 4.90 Å². The molecule has 1 aromatic carbocycles. The van der Waals surface area contributed by atoms with E-state index in [-0.39, 0.29) is 23.8 Å². The van der Waals surface area contributed by atoms with Gasteiger partial charge in [0.05, 0.1) is 0 Å². The van der Waals surface area contributed by atoms with E-state index in [1.165, 1.54) is 12.1 Å². The Hall–Kier alpha value is -1.95. The van der Waals surface area contributed by atoms with E-state index in [0.29, 0.717) is 19.4 Å². The average Bonchev–Trinajstić information content (AvgIpc) is 2.46. The van der Waals surface area contributed by atoms with Gasteiger partial charge in [-0.15, -0.1) is 0 Å². The summed E-state index contributed by atoms with van der Waals surface area (Å²) >= 11 is 0.